The average Bonchev–Trinajstić information content (AvgIpc) is 2.84. The van der Waals surface area contributed by atoms with Crippen LogP contribution < -0.4 is 9.47 Å². The molecule has 2 aliphatic rings. The zero-order valence-corrected chi connectivity index (χ0v) is 13.7. The van der Waals surface area contributed by atoms with Crippen molar-refractivity contribution in [1.29, 1.82) is 0 Å². The van der Waals surface area contributed by atoms with Gasteiger partial charge in [-0.15, -0.1) is 13.2 Å². The molecule has 1 aromatic carbocycles. The Labute approximate surface area is 138 Å². The van der Waals surface area contributed by atoms with E-state index in [-0.39, 0.29) is 28.7 Å². The summed E-state index contributed by atoms with van der Waals surface area (Å²) >= 11 is 0. The van der Waals surface area contributed by atoms with E-state index >= 15 is 0 Å². The molecule has 0 N–H and O–H groups in total. The number of nitrogens with zero attached hydrogens (tertiary/aromatic N) is 1. The third-order valence-corrected chi connectivity index (χ3v) is 5.32. The van der Waals surface area contributed by atoms with Crippen LogP contribution in [0.15, 0.2) is 18.2 Å². The van der Waals surface area contributed by atoms with Gasteiger partial charge < -0.3 is 14.4 Å². The molecule has 0 spiro atoms. The van der Waals surface area contributed by atoms with Gasteiger partial charge in [0.25, 0.3) is 0 Å². The number of likely N-dealkylation sites (N-methyl/N-ethyl adjacent to an activating group) is 1. The molecule has 2 fully saturated rings. The van der Waals surface area contributed by atoms with Gasteiger partial charge in [0, 0.05) is 24.3 Å². The molecule has 1 saturated carbocycles. The van der Waals surface area contributed by atoms with Crippen LogP contribution >= 0.6 is 0 Å². The Bertz CT molecular complexity index is 646. The molecule has 0 bridgehead atoms. The molecule has 0 amide bonds. The smallest absolute Gasteiger partial charge is 0.493 e. The number of carbonyl (C=O) groups is 1. The van der Waals surface area contributed by atoms with Crippen LogP contribution in [0.4, 0.5) is 13.2 Å². The van der Waals surface area contributed by atoms with Crippen molar-refractivity contribution in [2.24, 2.45) is 0 Å². The van der Waals surface area contributed by atoms with Crippen molar-refractivity contribution in [3.05, 3.63) is 23.8 Å². The SMILES string of the molecule is COc1ccc(C23CCC(=O)CC2N(C)CC3)cc1OC(F)(F)F. The molecule has 7 heteroatoms. The zero-order chi connectivity index (χ0) is 17.5. The van der Waals surface area contributed by atoms with Crippen LogP contribution in [-0.4, -0.2) is 43.8 Å². The number of halogens is 3. The molecular formula is C17H20F3NO3. The number of methoxy groups -OCH3 is 1. The Morgan fingerprint density at radius 3 is 2.67 bits per heavy atom. The highest BCUT2D eigenvalue weighted by molar-refractivity contribution is 5.81. The van der Waals surface area contributed by atoms with Crippen molar-refractivity contribution in [3.8, 4) is 11.5 Å². The normalized spacial score (nSPS) is 27.9. The van der Waals surface area contributed by atoms with Crippen LogP contribution in [0.25, 0.3) is 0 Å². The number of fused-ring (bicyclic) bond motifs is 1. The summed E-state index contributed by atoms with van der Waals surface area (Å²) in [5.41, 5.74) is 0.475. The van der Waals surface area contributed by atoms with Gasteiger partial charge in [-0.05, 0) is 44.1 Å². The predicted molar refractivity (Wildman–Crippen MR) is 81.2 cm³/mol. The summed E-state index contributed by atoms with van der Waals surface area (Å²) in [4.78, 5) is 14.0. The lowest BCUT2D eigenvalue weighted by Gasteiger charge is -2.41. The van der Waals surface area contributed by atoms with E-state index in [4.69, 9.17) is 4.74 Å². The summed E-state index contributed by atoms with van der Waals surface area (Å²) in [5.74, 6) is -0.0750. The van der Waals surface area contributed by atoms with Crippen molar-refractivity contribution in [3.63, 3.8) is 0 Å². The molecule has 2 atom stereocenters. The lowest BCUT2D eigenvalue weighted by molar-refractivity contribution is -0.275. The highest BCUT2D eigenvalue weighted by Gasteiger charge is 2.50. The van der Waals surface area contributed by atoms with Crippen LogP contribution in [0.1, 0.15) is 31.2 Å². The van der Waals surface area contributed by atoms with Gasteiger partial charge >= 0.3 is 6.36 Å². The highest BCUT2D eigenvalue weighted by atomic mass is 19.4. The van der Waals surface area contributed by atoms with E-state index in [0.717, 1.165) is 18.5 Å². The first-order chi connectivity index (χ1) is 11.2. The molecular weight excluding hydrogens is 323 g/mol. The lowest BCUT2D eigenvalue weighted by atomic mass is 9.66. The predicted octanol–water partition coefficient (Wildman–Crippen LogP) is 3.29. The summed E-state index contributed by atoms with van der Waals surface area (Å²) in [5, 5.41) is 0. The Morgan fingerprint density at radius 2 is 2.00 bits per heavy atom. The fourth-order valence-corrected chi connectivity index (χ4v) is 4.12. The van der Waals surface area contributed by atoms with E-state index in [1.165, 1.54) is 19.2 Å². The summed E-state index contributed by atoms with van der Waals surface area (Å²) in [6.45, 7) is 0.819. The zero-order valence-electron chi connectivity index (χ0n) is 13.7. The van der Waals surface area contributed by atoms with Crippen LogP contribution in [-0.2, 0) is 10.2 Å². The van der Waals surface area contributed by atoms with E-state index in [2.05, 4.69) is 9.64 Å². The van der Waals surface area contributed by atoms with Gasteiger partial charge in [-0.1, -0.05) is 6.07 Å². The van der Waals surface area contributed by atoms with E-state index in [1.807, 2.05) is 7.05 Å². The fourth-order valence-electron chi connectivity index (χ4n) is 4.12. The molecule has 2 unspecified atom stereocenters. The minimum atomic E-state index is -4.78. The van der Waals surface area contributed by atoms with E-state index in [9.17, 15) is 18.0 Å². The Morgan fingerprint density at radius 1 is 1.25 bits per heavy atom. The molecule has 132 valence electrons. The maximum atomic E-state index is 12.7. The summed E-state index contributed by atoms with van der Waals surface area (Å²) in [6, 6.07) is 4.75. The maximum Gasteiger partial charge on any atom is 0.573 e. The average molecular weight is 343 g/mol. The van der Waals surface area contributed by atoms with E-state index in [0.29, 0.717) is 19.3 Å². The number of Topliss-reactive ketones (excluding diaryl/α,β-unsaturated/α-hetero) is 1. The van der Waals surface area contributed by atoms with Crippen molar-refractivity contribution in [2.45, 2.75) is 43.5 Å². The van der Waals surface area contributed by atoms with Gasteiger partial charge in [0.15, 0.2) is 11.5 Å². The van der Waals surface area contributed by atoms with Crippen molar-refractivity contribution in [1.82, 2.24) is 4.90 Å². The first-order valence-electron chi connectivity index (χ1n) is 7.91. The molecule has 0 aromatic heterocycles. The second kappa shape index (κ2) is 5.95. The quantitative estimate of drug-likeness (QED) is 0.844. The number of alkyl halides is 3. The fraction of sp³-hybridized carbons (Fsp3) is 0.588. The number of rotatable bonds is 3. The number of benzene rings is 1. The Kier molecular flexibility index (Phi) is 4.23. The molecule has 3 rings (SSSR count). The Balaban J connectivity index is 2.02. The minimum Gasteiger partial charge on any atom is -0.493 e. The van der Waals surface area contributed by atoms with Crippen molar-refractivity contribution >= 4 is 5.78 Å². The van der Waals surface area contributed by atoms with Crippen molar-refractivity contribution < 1.29 is 27.4 Å². The van der Waals surface area contributed by atoms with Crippen LogP contribution in [0.5, 0.6) is 11.5 Å². The van der Waals surface area contributed by atoms with Gasteiger partial charge in [0.2, 0.25) is 0 Å². The topological polar surface area (TPSA) is 38.8 Å². The summed E-state index contributed by atoms with van der Waals surface area (Å²) in [6.07, 6.45) is -2.40. The second-order valence-corrected chi connectivity index (χ2v) is 6.56. The van der Waals surface area contributed by atoms with E-state index in [1.54, 1.807) is 6.07 Å². The highest BCUT2D eigenvalue weighted by Crippen LogP contribution is 2.49. The first-order valence-corrected chi connectivity index (χ1v) is 7.91. The number of likely N-dealkylation sites (tertiary alicyclic amines) is 1. The van der Waals surface area contributed by atoms with Crippen LogP contribution in [0, 0.1) is 0 Å². The van der Waals surface area contributed by atoms with Gasteiger partial charge in [-0.2, -0.15) is 0 Å². The molecule has 24 heavy (non-hydrogen) atoms. The van der Waals surface area contributed by atoms with Gasteiger partial charge in [0.1, 0.15) is 5.78 Å². The molecule has 4 nitrogen and oxygen atoms in total. The number of hydrogen-bond acceptors (Lipinski definition) is 4. The molecule has 1 saturated heterocycles. The van der Waals surface area contributed by atoms with Crippen LogP contribution in [0.2, 0.25) is 0 Å². The molecule has 1 aromatic rings. The molecule has 1 aliphatic heterocycles. The van der Waals surface area contributed by atoms with Gasteiger partial charge in [-0.25, -0.2) is 0 Å². The minimum absolute atomic E-state index is 0.0193. The maximum absolute atomic E-state index is 12.7. The van der Waals surface area contributed by atoms with Gasteiger partial charge in [-0.3, -0.25) is 4.79 Å². The van der Waals surface area contributed by atoms with Crippen molar-refractivity contribution in [2.75, 3.05) is 20.7 Å². The van der Waals surface area contributed by atoms with Gasteiger partial charge in [0.05, 0.1) is 7.11 Å². The number of ketones is 1. The second-order valence-electron chi connectivity index (χ2n) is 6.56. The lowest BCUT2D eigenvalue weighted by Crippen LogP contribution is -2.46. The van der Waals surface area contributed by atoms with E-state index < -0.39 is 6.36 Å². The monoisotopic (exact) mass is 343 g/mol. The molecule has 1 aliphatic carbocycles. The Hall–Kier alpha value is -1.76. The summed E-state index contributed by atoms with van der Waals surface area (Å²) < 4.78 is 47.2. The van der Waals surface area contributed by atoms with Crippen LogP contribution in [0.3, 0.4) is 0 Å². The number of ether oxygens (including phenoxy) is 2. The first kappa shape index (κ1) is 17.1. The molecule has 0 radical (unpaired) electrons. The number of hydrogen-bond donors (Lipinski definition) is 0. The standard InChI is InChI=1S/C17H20F3NO3/c1-21-8-7-16(6-5-12(22)10-15(16)21)11-3-4-13(23-2)14(9-11)24-17(18,19)20/h3-4,9,15H,5-8,10H2,1-2H3. The third kappa shape index (κ3) is 2.97. The third-order valence-electron chi connectivity index (χ3n) is 5.32. The molecule has 1 heterocycles. The summed E-state index contributed by atoms with van der Waals surface area (Å²) in [7, 11) is 3.27. The number of carbonyl (C=O) groups excluding carboxylic acids is 1. The largest absolute Gasteiger partial charge is 0.573 e.